The summed E-state index contributed by atoms with van der Waals surface area (Å²) in [5.41, 5.74) is 0. The Morgan fingerprint density at radius 3 is 1.67 bits per heavy atom. The monoisotopic (exact) mass is 334 g/mol. The normalized spacial score (nSPS) is 11.8. The Morgan fingerprint density at radius 2 is 1.12 bits per heavy atom. The Bertz CT molecular complexity index is 314. The van der Waals surface area contributed by atoms with Gasteiger partial charge in [-0.1, -0.05) is 102 Å². The Hall–Kier alpha value is -0.850. The molecule has 0 aromatic rings. The van der Waals surface area contributed by atoms with Crippen LogP contribution in [0.1, 0.15) is 117 Å². The summed E-state index contributed by atoms with van der Waals surface area (Å²) in [5, 5.41) is 0. The molecule has 140 valence electrons. The van der Waals surface area contributed by atoms with Crippen molar-refractivity contribution in [2.24, 2.45) is 0 Å². The van der Waals surface area contributed by atoms with E-state index in [1.54, 1.807) is 0 Å². The fourth-order valence-corrected chi connectivity index (χ4v) is 2.85. The second-order valence-electron chi connectivity index (χ2n) is 6.93. The lowest BCUT2D eigenvalue weighted by Gasteiger charge is -2.01. The fourth-order valence-electron chi connectivity index (χ4n) is 2.85. The van der Waals surface area contributed by atoms with Crippen LogP contribution in [0.25, 0.3) is 0 Å². The average molecular weight is 335 g/mol. The molecule has 0 saturated heterocycles. The van der Waals surface area contributed by atoms with Crippen LogP contribution in [0.5, 0.6) is 0 Å². The molecule has 1 nitrogen and oxygen atoms in total. The first-order valence-electron chi connectivity index (χ1n) is 10.6. The minimum Gasteiger partial charge on any atom is -0.300 e. The fraction of sp³-hybridized carbons (Fsp3) is 0.783. The minimum absolute atomic E-state index is 0.367. The third-order valence-corrected chi connectivity index (χ3v) is 4.56. The van der Waals surface area contributed by atoms with Gasteiger partial charge in [-0.05, 0) is 25.7 Å². The van der Waals surface area contributed by atoms with Gasteiger partial charge in [0.05, 0.1) is 0 Å². The molecule has 0 saturated carbocycles. The first-order chi connectivity index (χ1) is 11.8. The zero-order valence-electron chi connectivity index (χ0n) is 16.5. The number of unbranched alkanes of at least 4 members (excludes halogenated alkanes) is 11. The maximum absolute atomic E-state index is 11.1. The van der Waals surface area contributed by atoms with Crippen molar-refractivity contribution in [3.63, 3.8) is 0 Å². The number of hydrogen-bond donors (Lipinski definition) is 0. The Balaban J connectivity index is 3.18. The van der Waals surface area contributed by atoms with Crippen molar-refractivity contribution >= 4 is 5.78 Å². The molecule has 0 aliphatic carbocycles. The van der Waals surface area contributed by atoms with Crippen molar-refractivity contribution in [2.75, 3.05) is 0 Å². The van der Waals surface area contributed by atoms with Gasteiger partial charge in [0.15, 0.2) is 0 Å². The summed E-state index contributed by atoms with van der Waals surface area (Å²) in [6.07, 6.45) is 28.9. The van der Waals surface area contributed by atoms with Crippen LogP contribution in [0.15, 0.2) is 24.3 Å². The predicted octanol–water partition coefficient (Wildman–Crippen LogP) is 7.95. The number of carbonyl (C=O) groups is 1. The standard InChI is InChI=1S/C23H42O/c1-3-5-6-7-8-9-10-11-12-13-14-15-16-17-18-19-20-21-22-23(24)4-2/h16-17,19-20H,3-15,18,21-22H2,1-2H3/b17-16+,20-19+. The Labute approximate surface area is 152 Å². The van der Waals surface area contributed by atoms with Gasteiger partial charge >= 0.3 is 0 Å². The van der Waals surface area contributed by atoms with E-state index in [0.29, 0.717) is 18.6 Å². The van der Waals surface area contributed by atoms with E-state index >= 15 is 0 Å². The maximum atomic E-state index is 11.1. The van der Waals surface area contributed by atoms with Crippen LogP contribution in [0.2, 0.25) is 0 Å². The van der Waals surface area contributed by atoms with Gasteiger partial charge in [0.2, 0.25) is 0 Å². The maximum Gasteiger partial charge on any atom is 0.132 e. The molecular formula is C23H42O. The van der Waals surface area contributed by atoms with E-state index in [1.807, 2.05) is 6.92 Å². The molecule has 0 spiro atoms. The second kappa shape index (κ2) is 20.2. The van der Waals surface area contributed by atoms with E-state index in [0.717, 1.165) is 12.8 Å². The molecule has 0 atom stereocenters. The molecule has 0 fully saturated rings. The zero-order chi connectivity index (χ0) is 17.7. The van der Waals surface area contributed by atoms with E-state index in [1.165, 1.54) is 77.0 Å². The summed E-state index contributed by atoms with van der Waals surface area (Å²) >= 11 is 0. The Morgan fingerprint density at radius 1 is 0.625 bits per heavy atom. The van der Waals surface area contributed by atoms with Crippen molar-refractivity contribution in [2.45, 2.75) is 117 Å². The summed E-state index contributed by atoms with van der Waals surface area (Å²) in [4.78, 5) is 11.1. The quantitative estimate of drug-likeness (QED) is 0.183. The summed E-state index contributed by atoms with van der Waals surface area (Å²) in [5.74, 6) is 0.367. The summed E-state index contributed by atoms with van der Waals surface area (Å²) < 4.78 is 0. The lowest BCUT2D eigenvalue weighted by Crippen LogP contribution is -1.92. The highest BCUT2D eigenvalue weighted by atomic mass is 16.1. The summed E-state index contributed by atoms with van der Waals surface area (Å²) in [6.45, 7) is 4.22. The van der Waals surface area contributed by atoms with Gasteiger partial charge in [-0.2, -0.15) is 0 Å². The number of ketones is 1. The van der Waals surface area contributed by atoms with Gasteiger partial charge in [0.1, 0.15) is 5.78 Å². The lowest BCUT2D eigenvalue weighted by molar-refractivity contribution is -0.118. The molecule has 0 aromatic heterocycles. The van der Waals surface area contributed by atoms with E-state index in [-0.39, 0.29) is 0 Å². The van der Waals surface area contributed by atoms with Gasteiger partial charge in [0, 0.05) is 12.8 Å². The van der Waals surface area contributed by atoms with Gasteiger partial charge < -0.3 is 0 Å². The smallest absolute Gasteiger partial charge is 0.132 e. The number of hydrogen-bond acceptors (Lipinski definition) is 1. The first-order valence-corrected chi connectivity index (χ1v) is 10.6. The first kappa shape index (κ1) is 23.1. The highest BCUT2D eigenvalue weighted by Gasteiger charge is 1.94. The summed E-state index contributed by atoms with van der Waals surface area (Å²) in [6, 6.07) is 0. The zero-order valence-corrected chi connectivity index (χ0v) is 16.5. The third-order valence-electron chi connectivity index (χ3n) is 4.56. The molecule has 0 unspecified atom stereocenters. The average Bonchev–Trinajstić information content (AvgIpc) is 2.60. The number of carbonyl (C=O) groups excluding carboxylic acids is 1. The molecule has 0 amide bonds. The minimum atomic E-state index is 0.367. The topological polar surface area (TPSA) is 17.1 Å². The van der Waals surface area contributed by atoms with Crippen LogP contribution in [0.4, 0.5) is 0 Å². The van der Waals surface area contributed by atoms with Gasteiger partial charge in [-0.3, -0.25) is 4.79 Å². The summed E-state index contributed by atoms with van der Waals surface area (Å²) in [7, 11) is 0. The van der Waals surface area contributed by atoms with Crippen molar-refractivity contribution in [3.8, 4) is 0 Å². The van der Waals surface area contributed by atoms with Crippen molar-refractivity contribution in [1.82, 2.24) is 0 Å². The van der Waals surface area contributed by atoms with Crippen molar-refractivity contribution in [3.05, 3.63) is 24.3 Å². The van der Waals surface area contributed by atoms with Crippen LogP contribution in [0, 0.1) is 0 Å². The molecule has 0 bridgehead atoms. The SMILES string of the molecule is CCCCCCCCCCCCC/C=C/C/C=C/CCC(=O)CC. The van der Waals surface area contributed by atoms with Gasteiger partial charge in [-0.25, -0.2) is 0 Å². The van der Waals surface area contributed by atoms with E-state index in [2.05, 4.69) is 31.2 Å². The molecule has 0 heterocycles. The van der Waals surface area contributed by atoms with Gasteiger partial charge in [-0.15, -0.1) is 0 Å². The molecule has 0 radical (unpaired) electrons. The molecule has 0 aliphatic rings. The van der Waals surface area contributed by atoms with Crippen LogP contribution < -0.4 is 0 Å². The third kappa shape index (κ3) is 19.2. The van der Waals surface area contributed by atoms with Crippen molar-refractivity contribution in [1.29, 1.82) is 0 Å². The molecular weight excluding hydrogens is 292 g/mol. The van der Waals surface area contributed by atoms with Crippen LogP contribution in [-0.4, -0.2) is 5.78 Å². The molecule has 0 N–H and O–H groups in total. The molecule has 0 aliphatic heterocycles. The lowest BCUT2D eigenvalue weighted by atomic mass is 10.1. The predicted molar refractivity (Wildman–Crippen MR) is 109 cm³/mol. The van der Waals surface area contributed by atoms with Crippen LogP contribution >= 0.6 is 0 Å². The second-order valence-corrected chi connectivity index (χ2v) is 6.93. The van der Waals surface area contributed by atoms with Crippen LogP contribution in [0.3, 0.4) is 0 Å². The van der Waals surface area contributed by atoms with Crippen molar-refractivity contribution < 1.29 is 4.79 Å². The number of rotatable bonds is 18. The van der Waals surface area contributed by atoms with Crippen LogP contribution in [-0.2, 0) is 4.79 Å². The molecule has 0 rings (SSSR count). The highest BCUT2D eigenvalue weighted by molar-refractivity contribution is 5.78. The number of allylic oxidation sites excluding steroid dienone is 4. The molecule has 0 aromatic carbocycles. The molecule has 1 heteroatoms. The molecule has 24 heavy (non-hydrogen) atoms. The largest absolute Gasteiger partial charge is 0.300 e. The van der Waals surface area contributed by atoms with E-state index in [4.69, 9.17) is 0 Å². The Kier molecular flexibility index (Phi) is 19.5. The van der Waals surface area contributed by atoms with E-state index < -0.39 is 0 Å². The van der Waals surface area contributed by atoms with E-state index in [9.17, 15) is 4.79 Å². The highest BCUT2D eigenvalue weighted by Crippen LogP contribution is 2.12. The van der Waals surface area contributed by atoms with Gasteiger partial charge in [0.25, 0.3) is 0 Å². The number of Topliss-reactive ketones (excluding diaryl/α,β-unsaturated/α-hetero) is 1.